The molecule has 0 aromatic heterocycles. The molecule has 0 saturated heterocycles. The average Bonchev–Trinajstić information content (AvgIpc) is 2.39. The van der Waals surface area contributed by atoms with Gasteiger partial charge in [-0.25, -0.2) is 0 Å². The highest BCUT2D eigenvalue weighted by Gasteiger charge is 2.14. The van der Waals surface area contributed by atoms with Gasteiger partial charge in [-0.1, -0.05) is 37.0 Å². The average molecular weight is 320 g/mol. The molecule has 0 heterocycles. The fraction of sp³-hybridized carbons (Fsp3) is 0.500. The van der Waals surface area contributed by atoms with Crippen molar-refractivity contribution in [3.05, 3.63) is 28.2 Å². The number of benzene rings is 1. The van der Waals surface area contributed by atoms with Crippen LogP contribution < -0.4 is 10.1 Å². The lowest BCUT2D eigenvalue weighted by atomic mass is 10.1. The Hall–Kier alpha value is -0.970. The normalized spacial score (nSPS) is 12.3. The molecule has 0 fully saturated rings. The van der Waals surface area contributed by atoms with E-state index >= 15 is 0 Å². The maximum absolute atomic E-state index is 11.7. The van der Waals surface area contributed by atoms with Crippen LogP contribution in [-0.2, 0) is 4.79 Å². The highest BCUT2D eigenvalue weighted by molar-refractivity contribution is 6.42. The second-order valence-electron chi connectivity index (χ2n) is 4.77. The number of aliphatic hydroxyl groups is 1. The van der Waals surface area contributed by atoms with Gasteiger partial charge in [0.15, 0.2) is 0 Å². The van der Waals surface area contributed by atoms with Crippen molar-refractivity contribution in [2.75, 3.05) is 13.2 Å². The van der Waals surface area contributed by atoms with Crippen LogP contribution in [-0.4, -0.2) is 30.3 Å². The molecule has 0 spiro atoms. The number of rotatable bonds is 7. The second kappa shape index (κ2) is 8.35. The SMILES string of the molecule is CC(C)C(CO)NC(=O)CCOc1ccc(Cl)c(Cl)c1. The Balaban J connectivity index is 2.36. The molecule has 1 rings (SSSR count). The predicted molar refractivity (Wildman–Crippen MR) is 80.4 cm³/mol. The molecule has 4 nitrogen and oxygen atoms in total. The van der Waals surface area contributed by atoms with Gasteiger partial charge in [-0.05, 0) is 18.1 Å². The first-order chi connectivity index (χ1) is 9.43. The molecule has 0 saturated carbocycles. The quantitative estimate of drug-likeness (QED) is 0.812. The van der Waals surface area contributed by atoms with Crippen molar-refractivity contribution in [2.24, 2.45) is 5.92 Å². The summed E-state index contributed by atoms with van der Waals surface area (Å²) in [7, 11) is 0. The lowest BCUT2D eigenvalue weighted by molar-refractivity contribution is -0.122. The van der Waals surface area contributed by atoms with Gasteiger partial charge in [0.25, 0.3) is 0 Å². The zero-order valence-corrected chi connectivity index (χ0v) is 13.0. The van der Waals surface area contributed by atoms with E-state index in [1.165, 1.54) is 0 Å². The number of carbonyl (C=O) groups is 1. The molecule has 1 unspecified atom stereocenters. The van der Waals surface area contributed by atoms with Crippen LogP contribution in [0.25, 0.3) is 0 Å². The van der Waals surface area contributed by atoms with E-state index in [0.717, 1.165) is 0 Å². The minimum Gasteiger partial charge on any atom is -0.493 e. The Kier molecular flexibility index (Phi) is 7.13. The maximum Gasteiger partial charge on any atom is 0.223 e. The summed E-state index contributed by atoms with van der Waals surface area (Å²) >= 11 is 11.7. The van der Waals surface area contributed by atoms with Gasteiger partial charge in [-0.3, -0.25) is 4.79 Å². The Morgan fingerprint density at radius 3 is 2.60 bits per heavy atom. The fourth-order valence-corrected chi connectivity index (χ4v) is 1.82. The summed E-state index contributed by atoms with van der Waals surface area (Å²) in [4.78, 5) is 11.7. The molecule has 0 aliphatic rings. The van der Waals surface area contributed by atoms with Gasteiger partial charge < -0.3 is 15.2 Å². The number of halogens is 2. The summed E-state index contributed by atoms with van der Waals surface area (Å²) in [6, 6.07) is 4.70. The third-order valence-corrected chi connectivity index (χ3v) is 3.58. The molecule has 20 heavy (non-hydrogen) atoms. The number of nitrogens with one attached hydrogen (secondary N) is 1. The van der Waals surface area contributed by atoms with Crippen LogP contribution in [0, 0.1) is 5.92 Å². The summed E-state index contributed by atoms with van der Waals surface area (Å²) in [5.41, 5.74) is 0. The lowest BCUT2D eigenvalue weighted by Gasteiger charge is -2.19. The molecule has 1 amide bonds. The Morgan fingerprint density at radius 2 is 2.05 bits per heavy atom. The first-order valence-electron chi connectivity index (χ1n) is 6.42. The standard InChI is InChI=1S/C14H19Cl2NO3/c1-9(2)13(8-18)17-14(19)5-6-20-10-3-4-11(15)12(16)7-10/h3-4,7,9,13,18H,5-6,8H2,1-2H3,(H,17,19). The van der Waals surface area contributed by atoms with Crippen molar-refractivity contribution >= 4 is 29.1 Å². The van der Waals surface area contributed by atoms with Gasteiger partial charge in [0, 0.05) is 6.07 Å². The minimum atomic E-state index is -0.229. The van der Waals surface area contributed by atoms with E-state index in [1.54, 1.807) is 18.2 Å². The van der Waals surface area contributed by atoms with Crippen molar-refractivity contribution in [2.45, 2.75) is 26.3 Å². The number of hydrogen-bond acceptors (Lipinski definition) is 3. The zero-order valence-electron chi connectivity index (χ0n) is 11.5. The third-order valence-electron chi connectivity index (χ3n) is 2.84. The molecule has 1 atom stereocenters. The minimum absolute atomic E-state index is 0.0724. The van der Waals surface area contributed by atoms with E-state index in [-0.39, 0.29) is 37.5 Å². The van der Waals surface area contributed by atoms with Crippen LogP contribution in [0.1, 0.15) is 20.3 Å². The van der Waals surface area contributed by atoms with E-state index in [1.807, 2.05) is 13.8 Å². The van der Waals surface area contributed by atoms with Crippen LogP contribution >= 0.6 is 23.2 Å². The van der Waals surface area contributed by atoms with E-state index in [0.29, 0.717) is 15.8 Å². The van der Waals surface area contributed by atoms with Gasteiger partial charge in [0.05, 0.1) is 35.7 Å². The van der Waals surface area contributed by atoms with Crippen LogP contribution in [0.5, 0.6) is 5.75 Å². The molecule has 0 aliphatic heterocycles. The molecule has 0 bridgehead atoms. The highest BCUT2D eigenvalue weighted by atomic mass is 35.5. The molecule has 0 radical (unpaired) electrons. The van der Waals surface area contributed by atoms with Crippen LogP contribution in [0.3, 0.4) is 0 Å². The molecular formula is C14H19Cl2NO3. The van der Waals surface area contributed by atoms with Gasteiger partial charge in [-0.2, -0.15) is 0 Å². The van der Waals surface area contributed by atoms with Crippen molar-refractivity contribution in [3.63, 3.8) is 0 Å². The van der Waals surface area contributed by atoms with E-state index < -0.39 is 0 Å². The Bertz CT molecular complexity index is 452. The molecule has 1 aromatic carbocycles. The van der Waals surface area contributed by atoms with Crippen LogP contribution in [0.2, 0.25) is 10.0 Å². The van der Waals surface area contributed by atoms with Crippen molar-refractivity contribution in [1.29, 1.82) is 0 Å². The van der Waals surface area contributed by atoms with Gasteiger partial charge in [0.2, 0.25) is 5.91 Å². The van der Waals surface area contributed by atoms with Crippen molar-refractivity contribution in [3.8, 4) is 5.75 Å². The van der Waals surface area contributed by atoms with Gasteiger partial charge >= 0.3 is 0 Å². The molecule has 0 aliphatic carbocycles. The summed E-state index contributed by atoms with van der Waals surface area (Å²) in [6.45, 7) is 4.04. The fourth-order valence-electron chi connectivity index (χ4n) is 1.53. The second-order valence-corrected chi connectivity index (χ2v) is 5.59. The largest absolute Gasteiger partial charge is 0.493 e. The topological polar surface area (TPSA) is 58.6 Å². The zero-order chi connectivity index (χ0) is 15.1. The van der Waals surface area contributed by atoms with E-state index in [9.17, 15) is 4.79 Å². The molecule has 2 N–H and O–H groups in total. The maximum atomic E-state index is 11.7. The smallest absolute Gasteiger partial charge is 0.223 e. The van der Waals surface area contributed by atoms with Crippen LogP contribution in [0.4, 0.5) is 0 Å². The first-order valence-corrected chi connectivity index (χ1v) is 7.17. The van der Waals surface area contributed by atoms with Crippen LogP contribution in [0.15, 0.2) is 18.2 Å². The highest BCUT2D eigenvalue weighted by Crippen LogP contribution is 2.26. The Labute approximate surface area is 129 Å². The summed E-state index contributed by atoms with van der Waals surface area (Å²) in [5.74, 6) is 0.590. The lowest BCUT2D eigenvalue weighted by Crippen LogP contribution is -2.41. The number of hydrogen-bond donors (Lipinski definition) is 2. The molecular weight excluding hydrogens is 301 g/mol. The van der Waals surface area contributed by atoms with E-state index in [4.69, 9.17) is 33.0 Å². The van der Waals surface area contributed by atoms with Gasteiger partial charge in [0.1, 0.15) is 5.75 Å². The number of amides is 1. The number of carbonyl (C=O) groups excluding carboxylic acids is 1. The Morgan fingerprint density at radius 1 is 1.35 bits per heavy atom. The third kappa shape index (κ3) is 5.57. The number of aliphatic hydroxyl groups excluding tert-OH is 1. The monoisotopic (exact) mass is 319 g/mol. The summed E-state index contributed by atoms with van der Waals surface area (Å²) in [5, 5.41) is 12.8. The first kappa shape index (κ1) is 17.1. The van der Waals surface area contributed by atoms with E-state index in [2.05, 4.69) is 5.32 Å². The molecule has 6 heteroatoms. The summed E-state index contributed by atoms with van der Waals surface area (Å²) < 4.78 is 5.42. The molecule has 112 valence electrons. The predicted octanol–water partition coefficient (Wildman–Crippen LogP) is 2.90. The van der Waals surface area contributed by atoms with Crippen molar-refractivity contribution in [1.82, 2.24) is 5.32 Å². The molecule has 1 aromatic rings. The van der Waals surface area contributed by atoms with Gasteiger partial charge in [-0.15, -0.1) is 0 Å². The summed E-state index contributed by atoms with van der Waals surface area (Å²) in [6.07, 6.45) is 0.212. The number of ether oxygens (including phenoxy) is 1. The van der Waals surface area contributed by atoms with Crippen molar-refractivity contribution < 1.29 is 14.6 Å².